The highest BCUT2D eigenvalue weighted by Gasteiger charge is 2.28. The fourth-order valence-corrected chi connectivity index (χ4v) is 8.94. The summed E-state index contributed by atoms with van der Waals surface area (Å²) in [5.74, 6) is 0. The van der Waals surface area contributed by atoms with Gasteiger partial charge in [0, 0.05) is 43.4 Å². The lowest BCUT2D eigenvalue weighted by Crippen LogP contribution is -2.11. The average molecular weight is 700 g/mol. The van der Waals surface area contributed by atoms with Gasteiger partial charge in [-0.1, -0.05) is 115 Å². The zero-order valence-corrected chi connectivity index (χ0v) is 29.5. The van der Waals surface area contributed by atoms with Gasteiger partial charge in [0.15, 0.2) is 0 Å². The highest BCUT2D eigenvalue weighted by molar-refractivity contribution is 6.14. The van der Waals surface area contributed by atoms with Gasteiger partial charge in [0.1, 0.15) is 0 Å². The molecule has 3 heterocycles. The van der Waals surface area contributed by atoms with Gasteiger partial charge in [0.05, 0.1) is 73.4 Å². The Kier molecular flexibility index (Phi) is 6.61. The first kappa shape index (κ1) is 30.7. The minimum atomic E-state index is 0.443. The van der Waals surface area contributed by atoms with E-state index in [4.69, 9.17) is 0 Å². The SMILES string of the molecule is N#Cc1cccc(C#N)c1-c1ccc(-n2c3ccccc3c3ccccc32)c(-n2c3ccccc3c3ccccc32)c1-n1c2ccccc2c2ccccc21. The summed E-state index contributed by atoms with van der Waals surface area (Å²) < 4.78 is 7.13. The highest BCUT2D eigenvalue weighted by Crippen LogP contribution is 2.47. The van der Waals surface area contributed by atoms with Crippen molar-refractivity contribution in [1.82, 2.24) is 13.7 Å². The molecule has 5 heteroatoms. The third-order valence-electron chi connectivity index (χ3n) is 11.1. The van der Waals surface area contributed by atoms with Gasteiger partial charge in [-0.2, -0.15) is 10.5 Å². The van der Waals surface area contributed by atoms with Crippen molar-refractivity contribution in [3.8, 4) is 40.3 Å². The number of rotatable bonds is 4. The van der Waals surface area contributed by atoms with E-state index >= 15 is 0 Å². The lowest BCUT2D eigenvalue weighted by Gasteiger charge is -2.25. The number of nitrogens with zero attached hydrogens (tertiary/aromatic N) is 5. The van der Waals surface area contributed by atoms with Crippen LogP contribution in [0.4, 0.5) is 0 Å². The van der Waals surface area contributed by atoms with Crippen LogP contribution in [0.5, 0.6) is 0 Å². The van der Waals surface area contributed by atoms with Crippen molar-refractivity contribution < 1.29 is 0 Å². The molecule has 254 valence electrons. The molecule has 0 aliphatic rings. The fraction of sp³-hybridized carbons (Fsp3) is 0. The molecule has 0 radical (unpaired) electrons. The summed E-state index contributed by atoms with van der Waals surface area (Å²) in [6, 6.07) is 66.0. The number of benzene rings is 8. The molecule has 0 bridgehead atoms. The van der Waals surface area contributed by atoms with Crippen LogP contribution in [0, 0.1) is 22.7 Å². The van der Waals surface area contributed by atoms with E-state index in [0.29, 0.717) is 16.7 Å². The summed E-state index contributed by atoms with van der Waals surface area (Å²) in [5.41, 5.74) is 11.4. The van der Waals surface area contributed by atoms with Gasteiger partial charge >= 0.3 is 0 Å². The van der Waals surface area contributed by atoms with E-state index in [0.717, 1.165) is 88.0 Å². The molecule has 0 N–H and O–H groups in total. The Labute approximate surface area is 316 Å². The van der Waals surface area contributed by atoms with Crippen LogP contribution in [-0.2, 0) is 0 Å². The molecule has 0 amide bonds. The number of hydrogen-bond acceptors (Lipinski definition) is 2. The van der Waals surface area contributed by atoms with Crippen molar-refractivity contribution in [2.75, 3.05) is 0 Å². The largest absolute Gasteiger partial charge is 0.307 e. The summed E-state index contributed by atoms with van der Waals surface area (Å²) in [6.45, 7) is 0. The molecule has 0 atom stereocenters. The normalized spacial score (nSPS) is 11.6. The third kappa shape index (κ3) is 4.27. The summed E-state index contributed by atoms with van der Waals surface area (Å²) in [6.07, 6.45) is 0. The minimum absolute atomic E-state index is 0.443. The summed E-state index contributed by atoms with van der Waals surface area (Å²) in [4.78, 5) is 0. The molecule has 0 spiro atoms. The quantitative estimate of drug-likeness (QED) is 0.184. The Bertz CT molecular complexity index is 3280. The smallest absolute Gasteiger partial charge is 0.0998 e. The molecule has 3 aromatic heterocycles. The van der Waals surface area contributed by atoms with Gasteiger partial charge in [-0.25, -0.2) is 0 Å². The molecule has 0 fully saturated rings. The maximum absolute atomic E-state index is 10.7. The second-order valence-electron chi connectivity index (χ2n) is 13.9. The van der Waals surface area contributed by atoms with Crippen LogP contribution in [0.3, 0.4) is 0 Å². The summed E-state index contributed by atoms with van der Waals surface area (Å²) >= 11 is 0. The molecule has 0 saturated heterocycles. The van der Waals surface area contributed by atoms with Gasteiger partial charge in [-0.05, 0) is 60.7 Å². The van der Waals surface area contributed by atoms with Crippen LogP contribution in [0.25, 0.3) is 93.6 Å². The molecule has 5 nitrogen and oxygen atoms in total. The van der Waals surface area contributed by atoms with E-state index in [9.17, 15) is 10.5 Å². The lowest BCUT2D eigenvalue weighted by atomic mass is 9.92. The Balaban J connectivity index is 1.47. The Hall–Kier alpha value is -7.86. The molecule has 55 heavy (non-hydrogen) atoms. The van der Waals surface area contributed by atoms with Gasteiger partial charge in [-0.3, -0.25) is 0 Å². The number of hydrogen-bond donors (Lipinski definition) is 0. The van der Waals surface area contributed by atoms with Gasteiger partial charge in [-0.15, -0.1) is 0 Å². The molecule has 11 rings (SSSR count). The molecular formula is C50H29N5. The van der Waals surface area contributed by atoms with E-state index in [2.05, 4.69) is 184 Å². The Morgan fingerprint density at radius 3 is 1.00 bits per heavy atom. The summed E-state index contributed by atoms with van der Waals surface area (Å²) in [5, 5.41) is 28.2. The number of para-hydroxylation sites is 6. The first-order chi connectivity index (χ1) is 27.3. The molecule has 11 aromatic rings. The standard InChI is InChI=1S/C50H29N5/c51-30-32-14-13-15-33(31-52)48(32)40-28-29-47(53-41-22-7-1-16-34(41)35-17-2-8-23-42(35)53)50(55-45-26-11-5-20-38(45)39-21-6-12-27-46(39)55)49(40)54-43-24-9-3-18-36(43)37-19-4-10-25-44(37)54/h1-29H. The monoisotopic (exact) mass is 699 g/mol. The molecule has 8 aromatic carbocycles. The Morgan fingerprint density at radius 2 is 0.636 bits per heavy atom. The molecule has 0 unspecified atom stereocenters. The lowest BCUT2D eigenvalue weighted by molar-refractivity contribution is 1.05. The van der Waals surface area contributed by atoms with Crippen molar-refractivity contribution in [3.05, 3.63) is 187 Å². The van der Waals surface area contributed by atoms with Crippen molar-refractivity contribution in [2.45, 2.75) is 0 Å². The average Bonchev–Trinajstić information content (AvgIpc) is 3.89. The van der Waals surface area contributed by atoms with Crippen LogP contribution >= 0.6 is 0 Å². The van der Waals surface area contributed by atoms with E-state index in [1.54, 1.807) is 6.07 Å². The zero-order valence-electron chi connectivity index (χ0n) is 29.5. The third-order valence-corrected chi connectivity index (χ3v) is 11.1. The molecule has 0 saturated carbocycles. The van der Waals surface area contributed by atoms with E-state index in [1.807, 2.05) is 12.1 Å². The highest BCUT2D eigenvalue weighted by atomic mass is 15.1. The molecule has 0 aliphatic heterocycles. The Morgan fingerprint density at radius 1 is 0.309 bits per heavy atom. The van der Waals surface area contributed by atoms with Crippen molar-refractivity contribution in [3.63, 3.8) is 0 Å². The minimum Gasteiger partial charge on any atom is -0.307 e. The van der Waals surface area contributed by atoms with Crippen molar-refractivity contribution in [2.24, 2.45) is 0 Å². The van der Waals surface area contributed by atoms with Crippen LogP contribution < -0.4 is 0 Å². The predicted molar refractivity (Wildman–Crippen MR) is 224 cm³/mol. The number of fused-ring (bicyclic) bond motifs is 9. The van der Waals surface area contributed by atoms with E-state index < -0.39 is 0 Å². The zero-order chi connectivity index (χ0) is 36.6. The van der Waals surface area contributed by atoms with Gasteiger partial charge in [0.25, 0.3) is 0 Å². The van der Waals surface area contributed by atoms with Crippen molar-refractivity contribution >= 4 is 65.4 Å². The van der Waals surface area contributed by atoms with Crippen LogP contribution in [0.15, 0.2) is 176 Å². The molecule has 0 aliphatic carbocycles. The second-order valence-corrected chi connectivity index (χ2v) is 13.9. The van der Waals surface area contributed by atoms with E-state index in [1.165, 1.54) is 0 Å². The predicted octanol–water partition coefficient (Wildman–Crippen LogP) is 12.4. The van der Waals surface area contributed by atoms with Crippen LogP contribution in [0.1, 0.15) is 11.1 Å². The maximum Gasteiger partial charge on any atom is 0.0998 e. The maximum atomic E-state index is 10.7. The van der Waals surface area contributed by atoms with E-state index in [-0.39, 0.29) is 0 Å². The van der Waals surface area contributed by atoms with Gasteiger partial charge in [0.2, 0.25) is 0 Å². The first-order valence-corrected chi connectivity index (χ1v) is 18.3. The number of nitriles is 2. The van der Waals surface area contributed by atoms with Gasteiger partial charge < -0.3 is 13.7 Å². The topological polar surface area (TPSA) is 62.4 Å². The van der Waals surface area contributed by atoms with Crippen molar-refractivity contribution in [1.29, 1.82) is 10.5 Å². The molecular weight excluding hydrogens is 671 g/mol. The van der Waals surface area contributed by atoms with Crippen LogP contribution in [-0.4, -0.2) is 13.7 Å². The van der Waals surface area contributed by atoms with Crippen LogP contribution in [0.2, 0.25) is 0 Å². The fourth-order valence-electron chi connectivity index (χ4n) is 8.94. The second kappa shape index (κ2) is 11.8. The number of aromatic nitrogens is 3. The summed E-state index contributed by atoms with van der Waals surface area (Å²) in [7, 11) is 0. The first-order valence-electron chi connectivity index (χ1n) is 18.3.